The van der Waals surface area contributed by atoms with Crippen LogP contribution in [0.25, 0.3) is 10.9 Å². The lowest BCUT2D eigenvalue weighted by atomic mass is 9.97. The lowest BCUT2D eigenvalue weighted by molar-refractivity contribution is 0.0252. The van der Waals surface area contributed by atoms with Gasteiger partial charge in [-0.25, -0.2) is 4.79 Å². The maximum Gasteiger partial charge on any atom is 0.410 e. The molecular formula is C33H40N6O3. The first-order valence-electron chi connectivity index (χ1n) is 14.8. The first kappa shape index (κ1) is 28.3. The number of amides is 1. The molecule has 42 heavy (non-hydrogen) atoms. The van der Waals surface area contributed by atoms with Crippen LogP contribution >= 0.6 is 0 Å². The molecule has 1 N–H and O–H groups in total. The Balaban J connectivity index is 1.23. The third-order valence-electron chi connectivity index (χ3n) is 8.81. The van der Waals surface area contributed by atoms with Crippen LogP contribution in [0, 0.1) is 18.3 Å². The van der Waals surface area contributed by atoms with Crippen molar-refractivity contribution < 1.29 is 14.3 Å². The molecule has 0 aliphatic carbocycles. The molecule has 220 valence electrons. The molecule has 9 nitrogen and oxygen atoms in total. The second-order valence-electron chi connectivity index (χ2n) is 12.9. The number of likely N-dealkylation sites (tertiary alicyclic amines) is 1. The second-order valence-corrected chi connectivity index (χ2v) is 12.9. The van der Waals surface area contributed by atoms with E-state index in [-0.39, 0.29) is 24.3 Å². The Kier molecular flexibility index (Phi) is 7.24. The zero-order valence-corrected chi connectivity index (χ0v) is 25.3. The molecule has 0 bridgehead atoms. The highest BCUT2D eigenvalue weighted by molar-refractivity contribution is 5.95. The van der Waals surface area contributed by atoms with Gasteiger partial charge in [0.2, 0.25) is 0 Å². The van der Waals surface area contributed by atoms with Gasteiger partial charge in [-0.1, -0.05) is 6.07 Å². The molecule has 9 heteroatoms. The third kappa shape index (κ3) is 5.14. The van der Waals surface area contributed by atoms with Crippen molar-refractivity contribution in [3.63, 3.8) is 0 Å². The summed E-state index contributed by atoms with van der Waals surface area (Å²) in [4.78, 5) is 24.1. The van der Waals surface area contributed by atoms with Crippen LogP contribution in [0.4, 0.5) is 16.2 Å². The number of nitriles is 1. The van der Waals surface area contributed by atoms with Gasteiger partial charge in [0.1, 0.15) is 11.7 Å². The summed E-state index contributed by atoms with van der Waals surface area (Å²) in [6.45, 7) is 13.8. The molecule has 3 aliphatic rings. The quantitative estimate of drug-likeness (QED) is 0.458. The lowest BCUT2D eigenvalue weighted by Gasteiger charge is -2.44. The minimum atomic E-state index is -0.537. The summed E-state index contributed by atoms with van der Waals surface area (Å²) in [5.74, 6) is 0. The van der Waals surface area contributed by atoms with E-state index >= 15 is 0 Å². The number of benzene rings is 2. The Labute approximate surface area is 248 Å². The van der Waals surface area contributed by atoms with E-state index in [1.54, 1.807) is 18.2 Å². The number of rotatable bonds is 4. The fourth-order valence-corrected chi connectivity index (χ4v) is 6.78. The number of nitrogens with zero attached hydrogens (tertiary/aromatic N) is 5. The van der Waals surface area contributed by atoms with Crippen molar-refractivity contribution in [2.75, 3.05) is 43.5 Å². The van der Waals surface area contributed by atoms with E-state index in [2.05, 4.69) is 64.3 Å². The van der Waals surface area contributed by atoms with Crippen LogP contribution in [0.1, 0.15) is 56.0 Å². The number of piperazine rings is 1. The predicted molar refractivity (Wildman–Crippen MR) is 164 cm³/mol. The first-order valence-corrected chi connectivity index (χ1v) is 14.8. The van der Waals surface area contributed by atoms with Gasteiger partial charge in [0, 0.05) is 62.3 Å². The number of nitrogens with one attached hydrogen (secondary N) is 1. The van der Waals surface area contributed by atoms with Crippen molar-refractivity contribution in [3.8, 4) is 6.07 Å². The Morgan fingerprint density at radius 1 is 1.14 bits per heavy atom. The molecule has 2 fully saturated rings. The van der Waals surface area contributed by atoms with Crippen molar-refractivity contribution in [1.82, 2.24) is 14.8 Å². The number of aryl methyl sites for hydroxylation is 1. The molecule has 4 atom stereocenters. The number of fused-ring (bicyclic) bond motifs is 4. The van der Waals surface area contributed by atoms with E-state index in [9.17, 15) is 10.1 Å². The highest BCUT2D eigenvalue weighted by Gasteiger charge is 2.41. The van der Waals surface area contributed by atoms with E-state index in [0.29, 0.717) is 24.7 Å². The molecule has 0 radical (unpaired) electrons. The van der Waals surface area contributed by atoms with Gasteiger partial charge in [0.15, 0.2) is 0 Å². The van der Waals surface area contributed by atoms with Gasteiger partial charge in [-0.2, -0.15) is 5.26 Å². The van der Waals surface area contributed by atoms with Gasteiger partial charge in [-0.15, -0.1) is 0 Å². The Hall–Kier alpha value is -3.87. The van der Waals surface area contributed by atoms with Gasteiger partial charge in [0.25, 0.3) is 0 Å². The van der Waals surface area contributed by atoms with Crippen molar-refractivity contribution in [2.24, 2.45) is 0 Å². The lowest BCUT2D eigenvalue weighted by Crippen LogP contribution is -2.51. The summed E-state index contributed by atoms with van der Waals surface area (Å²) in [5, 5.41) is 14.3. The number of pyridine rings is 1. The summed E-state index contributed by atoms with van der Waals surface area (Å²) in [7, 11) is 1.70. The van der Waals surface area contributed by atoms with E-state index < -0.39 is 5.60 Å². The summed E-state index contributed by atoms with van der Waals surface area (Å²) in [6, 6.07) is 15.5. The molecule has 3 aromatic rings. The molecule has 4 heterocycles. The van der Waals surface area contributed by atoms with E-state index in [1.165, 1.54) is 16.7 Å². The summed E-state index contributed by atoms with van der Waals surface area (Å²) in [5.41, 5.74) is 6.94. The number of carbonyl (C=O) groups excluding carboxylic acids is 1. The molecule has 0 spiro atoms. The zero-order valence-electron chi connectivity index (χ0n) is 25.3. The Morgan fingerprint density at radius 2 is 1.95 bits per heavy atom. The number of hydrogen-bond donors (Lipinski definition) is 1. The first-order chi connectivity index (χ1) is 20.1. The molecule has 2 aromatic carbocycles. The fourth-order valence-electron chi connectivity index (χ4n) is 6.78. The molecule has 0 saturated carbocycles. The van der Waals surface area contributed by atoms with E-state index in [4.69, 9.17) is 9.47 Å². The Morgan fingerprint density at radius 3 is 2.69 bits per heavy atom. The monoisotopic (exact) mass is 568 g/mol. The number of methoxy groups -OCH3 is 1. The minimum absolute atomic E-state index is 0.0315. The molecule has 0 unspecified atom stereocenters. The minimum Gasteiger partial charge on any atom is -0.444 e. The molecule has 1 amide bonds. The van der Waals surface area contributed by atoms with Crippen LogP contribution in [0.5, 0.6) is 0 Å². The van der Waals surface area contributed by atoms with Gasteiger partial charge >= 0.3 is 6.09 Å². The van der Waals surface area contributed by atoms with Crippen molar-refractivity contribution in [1.29, 1.82) is 5.26 Å². The Bertz CT molecular complexity index is 1560. The summed E-state index contributed by atoms with van der Waals surface area (Å²) in [6.07, 6.45) is 1.33. The number of hydrogen-bond acceptors (Lipinski definition) is 8. The summed E-state index contributed by atoms with van der Waals surface area (Å²) < 4.78 is 11.4. The van der Waals surface area contributed by atoms with Crippen molar-refractivity contribution >= 4 is 28.4 Å². The average molecular weight is 569 g/mol. The molecule has 2 saturated heterocycles. The third-order valence-corrected chi connectivity index (χ3v) is 8.81. The van der Waals surface area contributed by atoms with Crippen LogP contribution in [0.15, 0.2) is 42.6 Å². The number of anilines is 2. The second kappa shape index (κ2) is 10.8. The maximum atomic E-state index is 12.7. The van der Waals surface area contributed by atoms with Gasteiger partial charge < -0.3 is 24.6 Å². The topological polar surface area (TPSA) is 94.0 Å². The van der Waals surface area contributed by atoms with Crippen molar-refractivity contribution in [2.45, 2.75) is 71.0 Å². The average Bonchev–Trinajstić information content (AvgIpc) is 3.53. The van der Waals surface area contributed by atoms with Crippen LogP contribution in [-0.2, 0) is 16.0 Å². The van der Waals surface area contributed by atoms with Gasteiger partial charge in [-0.05, 0) is 81.6 Å². The predicted octanol–water partition coefficient (Wildman–Crippen LogP) is 5.23. The smallest absolute Gasteiger partial charge is 0.410 e. The molecular weight excluding hydrogens is 528 g/mol. The SMILES string of the molecule is CO[C@@H]1CN(C(=O)OC(C)(C)C)C[C@H]1Nc1cc2c(cc1C)[C@H]1CN(c3ccc(C#N)c4ncccc34)C[C@@H](C)N1C2. The number of carbonyl (C=O) groups is 1. The van der Waals surface area contributed by atoms with Crippen LogP contribution < -0.4 is 10.2 Å². The zero-order chi connectivity index (χ0) is 29.8. The van der Waals surface area contributed by atoms with Gasteiger partial charge in [-0.3, -0.25) is 9.88 Å². The molecule has 1 aromatic heterocycles. The largest absolute Gasteiger partial charge is 0.444 e. The van der Waals surface area contributed by atoms with E-state index in [1.807, 2.05) is 32.9 Å². The van der Waals surface area contributed by atoms with Crippen LogP contribution in [0.3, 0.4) is 0 Å². The highest BCUT2D eigenvalue weighted by Crippen LogP contribution is 2.43. The molecule has 3 aliphatic heterocycles. The fraction of sp³-hybridized carbons (Fsp3) is 0.485. The van der Waals surface area contributed by atoms with Gasteiger partial charge in [0.05, 0.1) is 35.8 Å². The molecule has 6 rings (SSSR count). The normalized spacial score (nSPS) is 23.9. The summed E-state index contributed by atoms with van der Waals surface area (Å²) >= 11 is 0. The van der Waals surface area contributed by atoms with Crippen LogP contribution in [0.2, 0.25) is 0 Å². The maximum absolute atomic E-state index is 12.7. The number of ether oxygens (including phenoxy) is 2. The van der Waals surface area contributed by atoms with Crippen molar-refractivity contribution in [3.05, 3.63) is 64.8 Å². The number of aromatic nitrogens is 1. The van der Waals surface area contributed by atoms with Crippen LogP contribution in [-0.4, -0.2) is 78.0 Å². The standard InChI is InChI=1S/C33H40N6O3/c1-20-12-25-23(13-26(20)36-27-17-38(19-30(27)41-6)32(40)42-33(3,4)5)16-39-21(2)15-37(18-29(25)39)28-10-9-22(14-34)31-24(28)8-7-11-35-31/h7-13,21,27,29-30,36H,15-19H2,1-6H3/t21-,27-,29-,30-/m1/s1. The van der Waals surface area contributed by atoms with E-state index in [0.717, 1.165) is 41.9 Å². The highest BCUT2D eigenvalue weighted by atomic mass is 16.6.